The fourth-order valence-electron chi connectivity index (χ4n) is 5.27. The minimum Gasteiger partial charge on any atom is -0.497 e. The number of ether oxygens (including phenoxy) is 1. The Morgan fingerprint density at radius 2 is 1.97 bits per heavy atom. The molecule has 0 bridgehead atoms. The molecule has 1 aliphatic heterocycles. The smallest absolute Gasteiger partial charge is 0.261 e. The van der Waals surface area contributed by atoms with Crippen LogP contribution in [-0.4, -0.2) is 41.3 Å². The topological polar surface area (TPSA) is 117 Å². The van der Waals surface area contributed by atoms with E-state index in [9.17, 15) is 14.7 Å². The summed E-state index contributed by atoms with van der Waals surface area (Å²) in [5.74, 6) is -0.0341. The number of aromatic nitrogens is 1. The molecule has 1 amide bonds. The van der Waals surface area contributed by atoms with Gasteiger partial charge in [0.1, 0.15) is 11.3 Å². The van der Waals surface area contributed by atoms with Crippen molar-refractivity contribution in [3.63, 3.8) is 0 Å². The van der Waals surface area contributed by atoms with Gasteiger partial charge in [0.15, 0.2) is 0 Å². The molecule has 1 fully saturated rings. The molecular formula is C24H33N3O4. The van der Waals surface area contributed by atoms with Gasteiger partial charge < -0.3 is 25.9 Å². The van der Waals surface area contributed by atoms with Crippen molar-refractivity contribution in [1.29, 1.82) is 0 Å². The maximum Gasteiger partial charge on any atom is 0.261 e. The van der Waals surface area contributed by atoms with Crippen molar-refractivity contribution in [2.45, 2.75) is 64.0 Å². The van der Waals surface area contributed by atoms with Crippen molar-refractivity contribution in [2.24, 2.45) is 5.73 Å². The van der Waals surface area contributed by atoms with E-state index in [-0.39, 0.29) is 11.6 Å². The molecule has 1 aromatic heterocycles. The predicted molar refractivity (Wildman–Crippen MR) is 121 cm³/mol. The molecule has 2 aliphatic rings. The number of rotatable bonds is 3. The third kappa shape index (κ3) is 3.55. The number of H-pyrrole nitrogens is 1. The van der Waals surface area contributed by atoms with E-state index in [2.05, 4.69) is 10.3 Å². The highest BCUT2D eigenvalue weighted by molar-refractivity contribution is 5.92. The van der Waals surface area contributed by atoms with E-state index >= 15 is 0 Å². The first-order valence-electron chi connectivity index (χ1n) is 10.9. The number of aromatic amines is 1. The van der Waals surface area contributed by atoms with Crippen molar-refractivity contribution in [2.75, 3.05) is 13.7 Å². The number of pyridine rings is 1. The molecule has 168 valence electrons. The van der Waals surface area contributed by atoms with E-state index in [1.807, 2.05) is 45.9 Å². The minimum absolute atomic E-state index is 0.0752. The Labute approximate surface area is 183 Å². The van der Waals surface area contributed by atoms with Crippen LogP contribution in [0.3, 0.4) is 0 Å². The van der Waals surface area contributed by atoms with Gasteiger partial charge >= 0.3 is 0 Å². The standard InChI is InChI=1S/C22H27N3O4.C2H6/c1-12-4-5-15(29-3)9-17(12)21-6-7-24-13(2)22(21,28)10-14-8-16(19(23)26)20(27)25-18(14)11-21;1-2/h4-5,8-9,13,24,28H,6-7,10-11H2,1-3H3,(H2,23,26)(H,25,27);1-2H3. The van der Waals surface area contributed by atoms with Gasteiger partial charge in [0, 0.05) is 30.0 Å². The van der Waals surface area contributed by atoms with Gasteiger partial charge in [-0.05, 0) is 61.7 Å². The van der Waals surface area contributed by atoms with Gasteiger partial charge in [-0.15, -0.1) is 0 Å². The molecular weight excluding hydrogens is 394 g/mol. The van der Waals surface area contributed by atoms with Crippen molar-refractivity contribution >= 4 is 5.91 Å². The Kier molecular flexibility index (Phi) is 6.30. The summed E-state index contributed by atoms with van der Waals surface area (Å²) in [6.45, 7) is 8.76. The molecule has 1 saturated heterocycles. The fourth-order valence-corrected chi connectivity index (χ4v) is 5.27. The highest BCUT2D eigenvalue weighted by atomic mass is 16.5. The minimum atomic E-state index is -1.11. The number of amides is 1. The molecule has 2 aromatic rings. The van der Waals surface area contributed by atoms with Crippen LogP contribution < -0.4 is 21.3 Å². The lowest BCUT2D eigenvalue weighted by molar-refractivity contribution is -0.0944. The summed E-state index contributed by atoms with van der Waals surface area (Å²) < 4.78 is 5.46. The van der Waals surface area contributed by atoms with Gasteiger partial charge in [-0.25, -0.2) is 0 Å². The molecule has 0 saturated carbocycles. The number of methoxy groups -OCH3 is 1. The zero-order valence-corrected chi connectivity index (χ0v) is 19.0. The van der Waals surface area contributed by atoms with Crippen molar-refractivity contribution < 1.29 is 14.6 Å². The molecule has 7 nitrogen and oxygen atoms in total. The Balaban J connectivity index is 0.00000132. The van der Waals surface area contributed by atoms with Crippen LogP contribution >= 0.6 is 0 Å². The van der Waals surface area contributed by atoms with Crippen LogP contribution in [0.1, 0.15) is 59.9 Å². The molecule has 5 N–H and O–H groups in total. The average molecular weight is 428 g/mol. The van der Waals surface area contributed by atoms with Gasteiger partial charge in [0.25, 0.3) is 11.5 Å². The second-order valence-corrected chi connectivity index (χ2v) is 8.35. The largest absolute Gasteiger partial charge is 0.497 e. The summed E-state index contributed by atoms with van der Waals surface area (Å²) in [4.78, 5) is 26.9. The number of benzene rings is 1. The number of hydrogen-bond donors (Lipinski definition) is 4. The van der Waals surface area contributed by atoms with E-state index in [4.69, 9.17) is 10.5 Å². The molecule has 0 radical (unpaired) electrons. The van der Waals surface area contributed by atoms with Gasteiger partial charge in [-0.1, -0.05) is 19.9 Å². The second-order valence-electron chi connectivity index (χ2n) is 8.35. The quantitative estimate of drug-likeness (QED) is 0.597. The molecule has 1 aromatic carbocycles. The maximum absolute atomic E-state index is 12.4. The lowest BCUT2D eigenvalue weighted by Crippen LogP contribution is -2.70. The highest BCUT2D eigenvalue weighted by Gasteiger charge is 2.59. The first kappa shape index (κ1) is 23.0. The van der Waals surface area contributed by atoms with E-state index in [1.54, 1.807) is 7.11 Å². The van der Waals surface area contributed by atoms with Crippen molar-refractivity contribution in [1.82, 2.24) is 10.3 Å². The number of carbonyl (C=O) groups is 1. The second kappa shape index (κ2) is 8.48. The molecule has 0 spiro atoms. The zero-order chi connectivity index (χ0) is 23.0. The summed E-state index contributed by atoms with van der Waals surface area (Å²) in [5.41, 5.74) is 6.70. The summed E-state index contributed by atoms with van der Waals surface area (Å²) in [5, 5.41) is 15.5. The number of hydrogen-bond acceptors (Lipinski definition) is 5. The number of primary amides is 1. The van der Waals surface area contributed by atoms with Crippen LogP contribution in [-0.2, 0) is 18.3 Å². The summed E-state index contributed by atoms with van der Waals surface area (Å²) in [6.07, 6.45) is 1.48. The van der Waals surface area contributed by atoms with Crippen LogP contribution in [0.15, 0.2) is 29.1 Å². The number of aryl methyl sites for hydroxylation is 1. The van der Waals surface area contributed by atoms with Crippen molar-refractivity contribution in [3.8, 4) is 5.75 Å². The Bertz CT molecular complexity index is 1050. The Hall–Kier alpha value is -2.64. The average Bonchev–Trinajstić information content (AvgIpc) is 2.75. The molecule has 31 heavy (non-hydrogen) atoms. The van der Waals surface area contributed by atoms with Gasteiger partial charge in [-0.2, -0.15) is 0 Å². The van der Waals surface area contributed by atoms with E-state index < -0.39 is 22.5 Å². The summed E-state index contributed by atoms with van der Waals surface area (Å²) in [7, 11) is 1.63. The SMILES string of the molecule is CC.COc1ccc(C)c(C23CCNC(C)C2(O)Cc2cc(C(N)=O)c(=O)[nH]c2C3)c1. The molecule has 2 heterocycles. The fraction of sp³-hybridized carbons (Fsp3) is 0.500. The van der Waals surface area contributed by atoms with Crippen LogP contribution in [0.5, 0.6) is 5.75 Å². The van der Waals surface area contributed by atoms with E-state index in [0.29, 0.717) is 19.3 Å². The Morgan fingerprint density at radius 3 is 2.61 bits per heavy atom. The summed E-state index contributed by atoms with van der Waals surface area (Å²) in [6, 6.07) is 7.28. The first-order valence-corrected chi connectivity index (χ1v) is 10.9. The lowest BCUT2D eigenvalue weighted by Gasteiger charge is -2.57. The molecule has 1 aliphatic carbocycles. The first-order chi connectivity index (χ1) is 14.7. The van der Waals surface area contributed by atoms with Crippen LogP contribution in [0.2, 0.25) is 0 Å². The van der Waals surface area contributed by atoms with Crippen LogP contribution in [0, 0.1) is 6.92 Å². The number of nitrogens with one attached hydrogen (secondary N) is 2. The van der Waals surface area contributed by atoms with E-state index in [1.165, 1.54) is 6.07 Å². The molecule has 7 heteroatoms. The van der Waals surface area contributed by atoms with Crippen molar-refractivity contribution in [3.05, 3.63) is 62.6 Å². The van der Waals surface area contributed by atoms with Gasteiger partial charge in [-0.3, -0.25) is 9.59 Å². The highest BCUT2D eigenvalue weighted by Crippen LogP contribution is 2.51. The van der Waals surface area contributed by atoms with Crippen LogP contribution in [0.25, 0.3) is 0 Å². The predicted octanol–water partition coefficient (Wildman–Crippen LogP) is 1.97. The zero-order valence-electron chi connectivity index (χ0n) is 19.0. The number of nitrogens with two attached hydrogens (primary N) is 1. The Morgan fingerprint density at radius 1 is 1.26 bits per heavy atom. The molecule has 4 rings (SSSR count). The number of piperidine rings is 1. The monoisotopic (exact) mass is 427 g/mol. The third-order valence-corrected chi connectivity index (χ3v) is 6.93. The summed E-state index contributed by atoms with van der Waals surface area (Å²) >= 11 is 0. The lowest BCUT2D eigenvalue weighted by atomic mass is 9.53. The number of fused-ring (bicyclic) bond motifs is 2. The third-order valence-electron chi connectivity index (χ3n) is 6.93. The van der Waals surface area contributed by atoms with Gasteiger partial charge in [0.2, 0.25) is 0 Å². The number of aliphatic hydroxyl groups is 1. The number of carbonyl (C=O) groups excluding carboxylic acids is 1. The van der Waals surface area contributed by atoms with Gasteiger partial charge in [0.05, 0.1) is 12.7 Å². The normalized spacial score (nSPS) is 26.7. The maximum atomic E-state index is 12.4. The van der Waals surface area contributed by atoms with E-state index in [0.717, 1.165) is 34.7 Å². The molecule has 3 unspecified atom stereocenters. The molecule has 3 atom stereocenters. The van der Waals surface area contributed by atoms with Crippen LogP contribution in [0.4, 0.5) is 0 Å².